The van der Waals surface area contributed by atoms with Crippen molar-refractivity contribution in [3.63, 3.8) is 0 Å². The van der Waals surface area contributed by atoms with Crippen molar-refractivity contribution >= 4 is 6.21 Å². The zero-order valence-electron chi connectivity index (χ0n) is 12.0. The second kappa shape index (κ2) is 6.02. The molecule has 0 fully saturated rings. The Morgan fingerprint density at radius 3 is 2.70 bits per heavy atom. The van der Waals surface area contributed by atoms with Gasteiger partial charge in [-0.05, 0) is 41.8 Å². The third-order valence-electron chi connectivity index (χ3n) is 3.63. The van der Waals surface area contributed by atoms with Gasteiger partial charge in [-0.2, -0.15) is 13.2 Å². The molecule has 0 atom stereocenters. The van der Waals surface area contributed by atoms with Crippen LogP contribution in [0.2, 0.25) is 0 Å². The molecule has 0 saturated carbocycles. The van der Waals surface area contributed by atoms with Gasteiger partial charge >= 0.3 is 6.18 Å². The molecule has 0 N–H and O–H groups in total. The molecule has 0 amide bonds. The van der Waals surface area contributed by atoms with Gasteiger partial charge in [0.25, 0.3) is 0 Å². The third-order valence-corrected chi connectivity index (χ3v) is 3.63. The fourth-order valence-corrected chi connectivity index (χ4v) is 2.46. The van der Waals surface area contributed by atoms with E-state index in [1.807, 2.05) is 6.07 Å². The van der Waals surface area contributed by atoms with Gasteiger partial charge in [-0.3, -0.25) is 4.99 Å². The molecule has 0 aliphatic carbocycles. The predicted octanol–water partition coefficient (Wildman–Crippen LogP) is 4.40. The third kappa shape index (κ3) is 3.52. The van der Waals surface area contributed by atoms with Crippen molar-refractivity contribution in [2.45, 2.75) is 19.2 Å². The molecule has 2 nitrogen and oxygen atoms in total. The van der Waals surface area contributed by atoms with Gasteiger partial charge in [-0.1, -0.05) is 12.1 Å². The zero-order valence-corrected chi connectivity index (χ0v) is 12.0. The maximum atomic E-state index is 13.1. The first-order valence-corrected chi connectivity index (χ1v) is 7.05. The SMILES string of the molecule is Fc1ccc(COc2ccc3c(c2)C=NCC3)c(C(F)(F)F)c1. The minimum atomic E-state index is -4.62. The monoisotopic (exact) mass is 323 g/mol. The highest BCUT2D eigenvalue weighted by Crippen LogP contribution is 2.33. The van der Waals surface area contributed by atoms with Crippen molar-refractivity contribution in [1.29, 1.82) is 0 Å². The average molecular weight is 323 g/mol. The summed E-state index contributed by atoms with van der Waals surface area (Å²) in [5.74, 6) is -0.472. The molecule has 6 heteroatoms. The summed E-state index contributed by atoms with van der Waals surface area (Å²) in [5.41, 5.74) is 0.913. The second-order valence-electron chi connectivity index (χ2n) is 5.23. The number of halogens is 4. The van der Waals surface area contributed by atoms with Gasteiger partial charge in [-0.15, -0.1) is 0 Å². The van der Waals surface area contributed by atoms with E-state index in [-0.39, 0.29) is 12.2 Å². The number of benzene rings is 2. The Labute approximate surface area is 130 Å². The topological polar surface area (TPSA) is 21.6 Å². The lowest BCUT2D eigenvalue weighted by molar-refractivity contribution is -0.138. The molecule has 1 heterocycles. The summed E-state index contributed by atoms with van der Waals surface area (Å²) in [7, 11) is 0. The van der Waals surface area contributed by atoms with E-state index in [0.717, 1.165) is 36.2 Å². The number of nitrogens with zero attached hydrogens (tertiary/aromatic N) is 1. The van der Waals surface area contributed by atoms with Gasteiger partial charge in [0.15, 0.2) is 0 Å². The van der Waals surface area contributed by atoms with E-state index in [2.05, 4.69) is 4.99 Å². The van der Waals surface area contributed by atoms with Gasteiger partial charge in [0, 0.05) is 18.3 Å². The van der Waals surface area contributed by atoms with Gasteiger partial charge in [-0.25, -0.2) is 4.39 Å². The number of aliphatic imine (C=N–C) groups is 1. The molecule has 1 aliphatic rings. The van der Waals surface area contributed by atoms with Crippen LogP contribution in [-0.4, -0.2) is 12.8 Å². The molecule has 0 spiro atoms. The maximum absolute atomic E-state index is 13.1. The largest absolute Gasteiger partial charge is 0.489 e. The van der Waals surface area contributed by atoms with Gasteiger partial charge in [0.1, 0.15) is 18.2 Å². The number of hydrogen-bond donors (Lipinski definition) is 0. The molecular weight excluding hydrogens is 310 g/mol. The van der Waals surface area contributed by atoms with E-state index in [4.69, 9.17) is 4.74 Å². The van der Waals surface area contributed by atoms with Gasteiger partial charge in [0.05, 0.1) is 5.56 Å². The Balaban J connectivity index is 1.80. The lowest BCUT2D eigenvalue weighted by atomic mass is 10.0. The summed E-state index contributed by atoms with van der Waals surface area (Å²) in [4.78, 5) is 4.16. The first kappa shape index (κ1) is 15.5. The van der Waals surface area contributed by atoms with Crippen LogP contribution in [0.3, 0.4) is 0 Å². The predicted molar refractivity (Wildman–Crippen MR) is 78.3 cm³/mol. The van der Waals surface area contributed by atoms with Crippen molar-refractivity contribution in [2.24, 2.45) is 4.99 Å². The minimum Gasteiger partial charge on any atom is -0.489 e. The number of rotatable bonds is 3. The number of alkyl halides is 3. The smallest absolute Gasteiger partial charge is 0.416 e. The second-order valence-corrected chi connectivity index (χ2v) is 5.23. The van der Waals surface area contributed by atoms with E-state index in [0.29, 0.717) is 11.8 Å². The molecule has 0 saturated heterocycles. The van der Waals surface area contributed by atoms with Crippen LogP contribution < -0.4 is 4.74 Å². The molecule has 2 aromatic carbocycles. The zero-order chi connectivity index (χ0) is 16.4. The summed E-state index contributed by atoms with van der Waals surface area (Å²) in [6.45, 7) is 0.447. The van der Waals surface area contributed by atoms with Crippen LogP contribution in [-0.2, 0) is 19.2 Å². The van der Waals surface area contributed by atoms with Crippen molar-refractivity contribution in [3.05, 3.63) is 64.5 Å². The highest BCUT2D eigenvalue weighted by Gasteiger charge is 2.33. The molecule has 3 rings (SSSR count). The summed E-state index contributed by atoms with van der Waals surface area (Å²) in [6.07, 6.45) is -2.06. The van der Waals surface area contributed by atoms with Crippen LogP contribution >= 0.6 is 0 Å². The highest BCUT2D eigenvalue weighted by molar-refractivity contribution is 5.83. The van der Waals surface area contributed by atoms with Crippen molar-refractivity contribution in [1.82, 2.24) is 0 Å². The van der Waals surface area contributed by atoms with E-state index >= 15 is 0 Å². The summed E-state index contributed by atoms with van der Waals surface area (Å²) in [5, 5.41) is 0. The molecule has 0 unspecified atom stereocenters. The van der Waals surface area contributed by atoms with Crippen LogP contribution in [0.1, 0.15) is 22.3 Å². The molecule has 0 bridgehead atoms. The van der Waals surface area contributed by atoms with Crippen LogP contribution in [0, 0.1) is 5.82 Å². The van der Waals surface area contributed by atoms with Crippen LogP contribution in [0.25, 0.3) is 0 Å². The number of fused-ring (bicyclic) bond motifs is 1. The van der Waals surface area contributed by atoms with Gasteiger partial charge < -0.3 is 4.74 Å². The normalized spacial score (nSPS) is 13.7. The molecular formula is C17H13F4NO. The van der Waals surface area contributed by atoms with E-state index in [9.17, 15) is 17.6 Å². The fourth-order valence-electron chi connectivity index (χ4n) is 2.46. The van der Waals surface area contributed by atoms with Crippen molar-refractivity contribution < 1.29 is 22.3 Å². The first-order chi connectivity index (χ1) is 10.9. The summed E-state index contributed by atoms with van der Waals surface area (Å²) in [6, 6.07) is 7.92. The number of ether oxygens (including phenoxy) is 1. The molecule has 120 valence electrons. The summed E-state index contributed by atoms with van der Waals surface area (Å²) < 4.78 is 57.3. The first-order valence-electron chi connectivity index (χ1n) is 7.05. The van der Waals surface area contributed by atoms with Crippen LogP contribution in [0.15, 0.2) is 41.4 Å². The highest BCUT2D eigenvalue weighted by atomic mass is 19.4. The molecule has 2 aromatic rings. The van der Waals surface area contributed by atoms with Crippen molar-refractivity contribution in [2.75, 3.05) is 6.54 Å². The average Bonchev–Trinajstić information content (AvgIpc) is 2.52. The van der Waals surface area contributed by atoms with Crippen molar-refractivity contribution in [3.8, 4) is 5.75 Å². The lowest BCUT2D eigenvalue weighted by Crippen LogP contribution is -2.11. The van der Waals surface area contributed by atoms with Crippen LogP contribution in [0.5, 0.6) is 5.75 Å². The standard InChI is InChI=1S/C17H13F4NO/c18-14-3-1-12(16(8-14)17(19,20)21)10-23-15-4-2-11-5-6-22-9-13(11)7-15/h1-4,7-9H,5-6,10H2. The maximum Gasteiger partial charge on any atom is 0.416 e. The minimum absolute atomic E-state index is 0.106. The van der Waals surface area contributed by atoms with E-state index < -0.39 is 17.6 Å². The van der Waals surface area contributed by atoms with E-state index in [1.165, 1.54) is 0 Å². The summed E-state index contributed by atoms with van der Waals surface area (Å²) >= 11 is 0. The number of hydrogen-bond acceptors (Lipinski definition) is 2. The van der Waals surface area contributed by atoms with Crippen LogP contribution in [0.4, 0.5) is 17.6 Å². The molecule has 0 aromatic heterocycles. The Hall–Kier alpha value is -2.37. The Morgan fingerprint density at radius 1 is 1.09 bits per heavy atom. The molecule has 23 heavy (non-hydrogen) atoms. The Morgan fingerprint density at radius 2 is 1.91 bits per heavy atom. The Bertz CT molecular complexity index is 753. The Kier molecular flexibility index (Phi) is 4.07. The molecule has 0 radical (unpaired) electrons. The van der Waals surface area contributed by atoms with E-state index in [1.54, 1.807) is 18.3 Å². The molecule has 1 aliphatic heterocycles. The quantitative estimate of drug-likeness (QED) is 0.767. The fraction of sp³-hybridized carbons (Fsp3) is 0.235. The lowest BCUT2D eigenvalue weighted by Gasteiger charge is -2.15. The van der Waals surface area contributed by atoms with Gasteiger partial charge in [0.2, 0.25) is 0 Å².